The molecule has 0 N–H and O–H groups in total. The lowest BCUT2D eigenvalue weighted by atomic mass is 9.52. The molecule has 0 nitrogen and oxygen atoms in total. The van der Waals surface area contributed by atoms with Crippen molar-refractivity contribution in [1.29, 1.82) is 0 Å². The minimum atomic E-state index is 0.564. The van der Waals surface area contributed by atoms with E-state index in [1.54, 1.807) is 0 Å². The van der Waals surface area contributed by atoms with Crippen LogP contribution in [0.25, 0.3) is 0 Å². The number of hydrogen-bond acceptors (Lipinski definition) is 0. The molecule has 0 radical (unpaired) electrons. The summed E-state index contributed by atoms with van der Waals surface area (Å²) < 4.78 is 0. The molecule has 3 fully saturated rings. The van der Waals surface area contributed by atoms with Gasteiger partial charge in [0.1, 0.15) is 0 Å². The highest BCUT2D eigenvalue weighted by Gasteiger charge is 2.54. The molecule has 0 aliphatic heterocycles. The van der Waals surface area contributed by atoms with Gasteiger partial charge in [-0.2, -0.15) is 0 Å². The van der Waals surface area contributed by atoms with Crippen molar-refractivity contribution in [1.82, 2.24) is 0 Å². The zero-order chi connectivity index (χ0) is 16.8. The van der Waals surface area contributed by atoms with Crippen LogP contribution in [0.2, 0.25) is 0 Å². The van der Waals surface area contributed by atoms with Crippen molar-refractivity contribution in [3.63, 3.8) is 0 Å². The second-order valence-electron chi connectivity index (χ2n) is 9.92. The van der Waals surface area contributed by atoms with E-state index in [1.807, 2.05) is 0 Å². The Morgan fingerprint density at radius 2 is 1.78 bits per heavy atom. The molecule has 3 aliphatic rings. The van der Waals surface area contributed by atoms with Gasteiger partial charge < -0.3 is 0 Å². The van der Waals surface area contributed by atoms with Gasteiger partial charge in [-0.15, -0.1) is 0 Å². The number of fused-ring (bicyclic) bond motifs is 1. The first-order valence-electron chi connectivity index (χ1n) is 10.5. The van der Waals surface area contributed by atoms with E-state index in [4.69, 9.17) is 0 Å². The van der Waals surface area contributed by atoms with E-state index in [2.05, 4.69) is 41.2 Å². The first-order valence-corrected chi connectivity index (χ1v) is 10.5. The molecule has 132 valence electrons. The molecule has 0 spiro atoms. The highest BCUT2D eigenvalue weighted by Crippen LogP contribution is 2.63. The van der Waals surface area contributed by atoms with E-state index in [0.717, 1.165) is 41.4 Å². The second kappa shape index (κ2) is 6.57. The summed E-state index contributed by atoms with van der Waals surface area (Å²) in [6.07, 6.45) is 11.7. The average molecular weight is 317 g/mol. The Hall–Kier alpha value is -0.260. The predicted molar refractivity (Wildman–Crippen MR) is 101 cm³/mol. The maximum Gasteiger partial charge on any atom is -0.0152 e. The second-order valence-corrected chi connectivity index (χ2v) is 9.92. The zero-order valence-electron chi connectivity index (χ0n) is 16.4. The van der Waals surface area contributed by atoms with Crippen LogP contribution in [0.3, 0.4) is 0 Å². The highest BCUT2D eigenvalue weighted by atomic mass is 14.6. The van der Waals surface area contributed by atoms with Gasteiger partial charge >= 0.3 is 0 Å². The smallest absolute Gasteiger partial charge is 0.0152 e. The van der Waals surface area contributed by atoms with E-state index >= 15 is 0 Å². The molecule has 0 aromatic heterocycles. The van der Waals surface area contributed by atoms with Gasteiger partial charge in [0, 0.05) is 0 Å². The minimum absolute atomic E-state index is 0.564. The van der Waals surface area contributed by atoms with Gasteiger partial charge in [-0.05, 0) is 92.3 Å². The summed E-state index contributed by atoms with van der Waals surface area (Å²) in [5.74, 6) is 6.72. The summed E-state index contributed by atoms with van der Waals surface area (Å²) in [4.78, 5) is 0. The Bertz CT molecular complexity index is 435. The predicted octanol–water partition coefficient (Wildman–Crippen LogP) is 7.10. The zero-order valence-corrected chi connectivity index (χ0v) is 16.4. The van der Waals surface area contributed by atoms with Crippen LogP contribution in [0.5, 0.6) is 0 Å². The first kappa shape index (κ1) is 17.6. The molecular weight excluding hydrogens is 276 g/mol. The van der Waals surface area contributed by atoms with Crippen LogP contribution in [0.15, 0.2) is 12.2 Å². The van der Waals surface area contributed by atoms with E-state index in [-0.39, 0.29) is 0 Å². The first-order chi connectivity index (χ1) is 10.9. The molecule has 0 heteroatoms. The maximum absolute atomic E-state index is 4.35. The number of hydrogen-bond donors (Lipinski definition) is 0. The van der Waals surface area contributed by atoms with Crippen LogP contribution in [0, 0.1) is 46.8 Å². The molecule has 8 unspecified atom stereocenters. The van der Waals surface area contributed by atoms with Gasteiger partial charge in [-0.1, -0.05) is 52.7 Å². The summed E-state index contributed by atoms with van der Waals surface area (Å²) in [6.45, 7) is 16.8. The molecule has 3 rings (SSSR count). The summed E-state index contributed by atoms with van der Waals surface area (Å²) in [7, 11) is 0. The van der Waals surface area contributed by atoms with Gasteiger partial charge in [0.05, 0.1) is 0 Å². The van der Waals surface area contributed by atoms with E-state index in [9.17, 15) is 0 Å². The monoisotopic (exact) mass is 316 g/mol. The normalized spacial score (nSPS) is 50.6. The maximum atomic E-state index is 4.35. The lowest BCUT2D eigenvalue weighted by molar-refractivity contribution is -0.0279. The third-order valence-corrected chi connectivity index (χ3v) is 8.61. The van der Waals surface area contributed by atoms with Crippen molar-refractivity contribution in [2.45, 2.75) is 86.0 Å². The Kier molecular flexibility index (Phi) is 5.01. The molecular formula is C23H40. The van der Waals surface area contributed by atoms with Crippen molar-refractivity contribution in [3.05, 3.63) is 12.2 Å². The lowest BCUT2D eigenvalue weighted by Crippen LogP contribution is -2.45. The molecule has 0 bridgehead atoms. The summed E-state index contributed by atoms with van der Waals surface area (Å²) >= 11 is 0. The minimum Gasteiger partial charge on any atom is -0.0998 e. The fourth-order valence-corrected chi connectivity index (χ4v) is 7.57. The molecule has 0 aromatic carbocycles. The highest BCUT2D eigenvalue weighted by molar-refractivity contribution is 5.13. The molecule has 0 aromatic rings. The molecule has 3 saturated carbocycles. The Morgan fingerprint density at radius 3 is 2.39 bits per heavy atom. The quantitative estimate of drug-likeness (QED) is 0.487. The number of rotatable bonds is 3. The number of allylic oxidation sites excluding steroid dienone is 1. The molecule has 0 heterocycles. The third-order valence-electron chi connectivity index (χ3n) is 8.61. The fraction of sp³-hybridized carbons (Fsp3) is 0.913. The SMILES string of the molecule is C=C(C)C1CCC2C(CC)C(C3CCC(C)CC3C)CCC12C. The topological polar surface area (TPSA) is 0 Å². The van der Waals surface area contributed by atoms with Crippen LogP contribution in [0.4, 0.5) is 0 Å². The van der Waals surface area contributed by atoms with Gasteiger partial charge in [0.2, 0.25) is 0 Å². The van der Waals surface area contributed by atoms with Crippen LogP contribution in [0.1, 0.15) is 86.0 Å². The van der Waals surface area contributed by atoms with Gasteiger partial charge in [-0.25, -0.2) is 0 Å². The van der Waals surface area contributed by atoms with Crippen LogP contribution in [-0.2, 0) is 0 Å². The molecule has 8 atom stereocenters. The summed E-state index contributed by atoms with van der Waals surface area (Å²) in [6, 6.07) is 0. The van der Waals surface area contributed by atoms with Crippen molar-refractivity contribution in [2.24, 2.45) is 46.8 Å². The van der Waals surface area contributed by atoms with Crippen molar-refractivity contribution in [3.8, 4) is 0 Å². The van der Waals surface area contributed by atoms with E-state index < -0.39 is 0 Å². The Labute approximate surface area is 145 Å². The van der Waals surface area contributed by atoms with Gasteiger partial charge in [0.15, 0.2) is 0 Å². The standard InChI is InChI=1S/C23H40/c1-7-18-20(19-9-8-16(4)14-17(19)5)12-13-23(6)21(15(2)3)10-11-22(18)23/h16-22H,2,7-14H2,1,3-6H3. The van der Waals surface area contributed by atoms with Crippen LogP contribution >= 0.6 is 0 Å². The van der Waals surface area contributed by atoms with Gasteiger partial charge in [-0.3, -0.25) is 0 Å². The average Bonchev–Trinajstić information content (AvgIpc) is 2.84. The lowest BCUT2D eigenvalue weighted by Gasteiger charge is -2.53. The van der Waals surface area contributed by atoms with Crippen molar-refractivity contribution < 1.29 is 0 Å². The largest absolute Gasteiger partial charge is 0.0998 e. The van der Waals surface area contributed by atoms with Crippen molar-refractivity contribution >= 4 is 0 Å². The van der Waals surface area contributed by atoms with E-state index in [0.29, 0.717) is 5.41 Å². The van der Waals surface area contributed by atoms with Crippen LogP contribution < -0.4 is 0 Å². The molecule has 0 saturated heterocycles. The van der Waals surface area contributed by atoms with Gasteiger partial charge in [0.25, 0.3) is 0 Å². The molecule has 0 amide bonds. The molecule has 3 aliphatic carbocycles. The third kappa shape index (κ3) is 2.93. The van der Waals surface area contributed by atoms with E-state index in [1.165, 1.54) is 56.9 Å². The summed E-state index contributed by atoms with van der Waals surface area (Å²) in [5, 5.41) is 0. The Balaban J connectivity index is 1.80. The van der Waals surface area contributed by atoms with Crippen LogP contribution in [-0.4, -0.2) is 0 Å². The summed E-state index contributed by atoms with van der Waals surface area (Å²) in [5.41, 5.74) is 2.02. The van der Waals surface area contributed by atoms with Crippen molar-refractivity contribution in [2.75, 3.05) is 0 Å². The fourth-order valence-electron chi connectivity index (χ4n) is 7.57. The Morgan fingerprint density at radius 1 is 1.04 bits per heavy atom. The molecule has 23 heavy (non-hydrogen) atoms.